The average Bonchev–Trinajstić information content (AvgIpc) is 3.79. The van der Waals surface area contributed by atoms with E-state index in [9.17, 15) is 19.5 Å². The number of aliphatic hydroxyl groups is 1. The number of ether oxygens (including phenoxy) is 1. The number of aromatic nitrogens is 2. The van der Waals surface area contributed by atoms with Crippen LogP contribution in [0.25, 0.3) is 0 Å². The molecule has 4 aromatic rings. The molecule has 0 spiro atoms. The molecule has 0 aliphatic heterocycles. The second-order valence-corrected chi connectivity index (χ2v) is 14.9. The van der Waals surface area contributed by atoms with E-state index in [-0.39, 0.29) is 30.9 Å². The Balaban J connectivity index is 1.46. The van der Waals surface area contributed by atoms with Gasteiger partial charge in [0, 0.05) is 30.6 Å². The van der Waals surface area contributed by atoms with Crippen LogP contribution >= 0.6 is 22.7 Å². The number of nitrogens with one attached hydrogen (secondary N) is 3. The van der Waals surface area contributed by atoms with Gasteiger partial charge in [0.2, 0.25) is 5.91 Å². The van der Waals surface area contributed by atoms with Gasteiger partial charge in [0.15, 0.2) is 0 Å². The lowest BCUT2D eigenvalue weighted by Gasteiger charge is -2.30. The van der Waals surface area contributed by atoms with Crippen LogP contribution in [0.3, 0.4) is 0 Å². The highest BCUT2D eigenvalue weighted by Crippen LogP contribution is 2.20. The van der Waals surface area contributed by atoms with Gasteiger partial charge >= 0.3 is 12.1 Å². The lowest BCUT2D eigenvalue weighted by Crippen LogP contribution is -2.55. The van der Waals surface area contributed by atoms with Gasteiger partial charge in [-0.25, -0.2) is 14.6 Å². The van der Waals surface area contributed by atoms with Crippen molar-refractivity contribution in [2.45, 2.75) is 90.3 Å². The Morgan fingerprint density at radius 3 is 2.14 bits per heavy atom. The molecule has 4 atom stereocenters. The van der Waals surface area contributed by atoms with Crippen molar-refractivity contribution in [2.24, 2.45) is 5.92 Å². The van der Waals surface area contributed by atoms with Gasteiger partial charge in [-0.15, -0.1) is 22.7 Å². The van der Waals surface area contributed by atoms with Crippen molar-refractivity contribution in [1.29, 1.82) is 0 Å². The van der Waals surface area contributed by atoms with Crippen LogP contribution in [-0.2, 0) is 35.5 Å². The third-order valence-electron chi connectivity index (χ3n) is 8.13. The number of carbonyl (C=O) groups excluding carboxylic acids is 3. The fraction of sp³-hybridized carbons (Fsp3) is 0.432. The van der Waals surface area contributed by atoms with Gasteiger partial charge in [-0.05, 0) is 36.3 Å². The van der Waals surface area contributed by atoms with E-state index in [2.05, 4.69) is 39.8 Å². The Hall–Kier alpha value is -4.33. The van der Waals surface area contributed by atoms with E-state index in [1.165, 1.54) is 16.2 Å². The number of amides is 4. The number of thiazole rings is 2. The topological polar surface area (TPSA) is 146 Å². The number of alkyl carbamates (subject to hydrolysis) is 1. The molecule has 0 aliphatic rings. The van der Waals surface area contributed by atoms with Crippen LogP contribution in [0.4, 0.5) is 9.59 Å². The van der Waals surface area contributed by atoms with Crippen molar-refractivity contribution in [2.75, 3.05) is 7.05 Å². The maximum atomic E-state index is 13.9. The molecule has 2 aromatic heterocycles. The number of benzene rings is 2. The molecule has 0 bridgehead atoms. The summed E-state index contributed by atoms with van der Waals surface area (Å²) < 4.78 is 5.42. The van der Waals surface area contributed by atoms with Gasteiger partial charge < -0.3 is 30.7 Å². The smallest absolute Gasteiger partial charge is 0.407 e. The maximum absolute atomic E-state index is 13.9. The number of urea groups is 1. The van der Waals surface area contributed by atoms with Crippen molar-refractivity contribution in [3.63, 3.8) is 0 Å². The Kier molecular flexibility index (Phi) is 14.7. The molecule has 50 heavy (non-hydrogen) atoms. The first-order valence-electron chi connectivity index (χ1n) is 16.8. The highest BCUT2D eigenvalue weighted by atomic mass is 32.1. The monoisotopic (exact) mass is 720 g/mol. The Bertz CT molecular complexity index is 1620. The molecule has 2 heterocycles. The number of hydrogen-bond acceptors (Lipinski definition) is 9. The summed E-state index contributed by atoms with van der Waals surface area (Å²) in [5.41, 5.74) is 4.35. The quantitative estimate of drug-likeness (QED) is 0.106. The molecule has 0 fully saturated rings. The molecule has 4 amide bonds. The molecule has 13 heteroatoms. The normalized spacial score (nSPS) is 13.7. The van der Waals surface area contributed by atoms with Crippen LogP contribution in [-0.4, -0.2) is 69.3 Å². The van der Waals surface area contributed by atoms with Crippen molar-refractivity contribution >= 4 is 40.7 Å². The van der Waals surface area contributed by atoms with Crippen molar-refractivity contribution in [3.8, 4) is 0 Å². The van der Waals surface area contributed by atoms with E-state index < -0.39 is 30.3 Å². The number of hydrogen-bond donors (Lipinski definition) is 4. The van der Waals surface area contributed by atoms with E-state index in [0.29, 0.717) is 25.3 Å². The first-order chi connectivity index (χ1) is 24.0. The predicted octanol–water partition coefficient (Wildman–Crippen LogP) is 5.91. The molecular formula is C37H48N6O5S2. The van der Waals surface area contributed by atoms with Gasteiger partial charge in [0.1, 0.15) is 12.6 Å². The first kappa shape index (κ1) is 38.5. The van der Waals surface area contributed by atoms with Crippen molar-refractivity contribution in [3.05, 3.63) is 104 Å². The third kappa shape index (κ3) is 12.2. The second-order valence-electron chi connectivity index (χ2n) is 13.0. The van der Waals surface area contributed by atoms with Crippen LogP contribution in [0.15, 0.2) is 77.8 Å². The second kappa shape index (κ2) is 19.2. The molecule has 4 N–H and O–H groups in total. The van der Waals surface area contributed by atoms with E-state index in [0.717, 1.165) is 26.7 Å². The van der Waals surface area contributed by atoms with E-state index >= 15 is 0 Å². The fourth-order valence-electron chi connectivity index (χ4n) is 5.39. The largest absolute Gasteiger partial charge is 0.444 e. The minimum absolute atomic E-state index is 0.0671. The van der Waals surface area contributed by atoms with Crippen LogP contribution in [0.1, 0.15) is 66.7 Å². The average molecular weight is 721 g/mol. The van der Waals surface area contributed by atoms with Crippen molar-refractivity contribution in [1.82, 2.24) is 30.8 Å². The Labute approximate surface area is 302 Å². The molecular weight excluding hydrogens is 673 g/mol. The van der Waals surface area contributed by atoms with Crippen LogP contribution in [0, 0.1) is 5.92 Å². The highest BCUT2D eigenvalue weighted by Gasteiger charge is 2.31. The SMILES string of the molecule is CC(C)c1nc(CN(C)C(=O)N[C@H](C(=O)N[C@H](Cc2ccccc2)C[C@H](O)C(Cc2ccccc2)NC(=O)OCc2cncs2)C(C)C)cs1. The molecule has 0 radical (unpaired) electrons. The number of rotatable bonds is 17. The predicted molar refractivity (Wildman–Crippen MR) is 197 cm³/mol. The summed E-state index contributed by atoms with van der Waals surface area (Å²) in [7, 11) is 1.68. The number of aliphatic hydroxyl groups excluding tert-OH is 1. The summed E-state index contributed by atoms with van der Waals surface area (Å²) in [6, 6.07) is 16.8. The van der Waals surface area contributed by atoms with Crippen LogP contribution in [0.2, 0.25) is 0 Å². The van der Waals surface area contributed by atoms with Gasteiger partial charge in [-0.3, -0.25) is 9.78 Å². The van der Waals surface area contributed by atoms with E-state index in [4.69, 9.17) is 4.74 Å². The minimum atomic E-state index is -1.05. The van der Waals surface area contributed by atoms with Crippen LogP contribution in [0.5, 0.6) is 0 Å². The molecule has 0 aliphatic carbocycles. The maximum Gasteiger partial charge on any atom is 0.407 e. The van der Waals surface area contributed by atoms with E-state index in [1.807, 2.05) is 79.9 Å². The molecule has 11 nitrogen and oxygen atoms in total. The molecule has 0 saturated carbocycles. The molecule has 4 rings (SSSR count). The number of nitrogens with zero attached hydrogens (tertiary/aromatic N) is 3. The third-order valence-corrected chi connectivity index (χ3v) is 10.1. The molecule has 1 unspecified atom stereocenters. The summed E-state index contributed by atoms with van der Waals surface area (Å²) in [6.45, 7) is 8.28. The molecule has 2 aromatic carbocycles. The zero-order valence-electron chi connectivity index (χ0n) is 29.2. The van der Waals surface area contributed by atoms with E-state index in [1.54, 1.807) is 30.1 Å². The number of carbonyl (C=O) groups is 3. The fourth-order valence-corrected chi connectivity index (χ4v) is 6.72. The summed E-state index contributed by atoms with van der Waals surface area (Å²) >= 11 is 2.95. The van der Waals surface area contributed by atoms with Gasteiger partial charge in [0.25, 0.3) is 0 Å². The highest BCUT2D eigenvalue weighted by molar-refractivity contribution is 7.09. The zero-order chi connectivity index (χ0) is 36.0. The van der Waals surface area contributed by atoms with Gasteiger partial charge in [0.05, 0.1) is 39.8 Å². The molecule has 0 saturated heterocycles. The standard InChI is InChI=1S/C37H48N6O5S2/c1-24(2)33(42-36(46)43(5)20-29-22-49-35(40-29)25(3)4)34(45)39-28(16-26-12-8-6-9-13-26)18-32(44)31(17-27-14-10-7-11-15-27)41-37(47)48-21-30-19-38-23-50-30/h6-15,19,22-25,28,31-33,44H,16-18,20-21H2,1-5H3,(H,39,45)(H,41,47)(H,42,46)/t28-,31?,32+,33+/m1/s1. The summed E-state index contributed by atoms with van der Waals surface area (Å²) in [5.74, 6) is -0.277. The first-order valence-corrected chi connectivity index (χ1v) is 18.6. The zero-order valence-corrected chi connectivity index (χ0v) is 30.9. The van der Waals surface area contributed by atoms with Gasteiger partial charge in [-0.2, -0.15) is 0 Å². The van der Waals surface area contributed by atoms with Crippen molar-refractivity contribution < 1.29 is 24.2 Å². The van der Waals surface area contributed by atoms with Gasteiger partial charge in [-0.1, -0.05) is 88.4 Å². The lowest BCUT2D eigenvalue weighted by molar-refractivity contribution is -0.124. The minimum Gasteiger partial charge on any atom is -0.444 e. The summed E-state index contributed by atoms with van der Waals surface area (Å²) in [6.07, 6.45) is 0.836. The summed E-state index contributed by atoms with van der Waals surface area (Å²) in [5, 5.41) is 23.5. The summed E-state index contributed by atoms with van der Waals surface area (Å²) in [4.78, 5) is 51.0. The Morgan fingerprint density at radius 1 is 0.900 bits per heavy atom. The Morgan fingerprint density at radius 2 is 1.56 bits per heavy atom. The van der Waals surface area contributed by atoms with Crippen LogP contribution < -0.4 is 16.0 Å². The lowest BCUT2D eigenvalue weighted by atomic mass is 9.93. The molecule has 268 valence electrons.